The number of amides is 2. The van der Waals surface area contributed by atoms with E-state index in [1.165, 1.54) is 4.90 Å². The summed E-state index contributed by atoms with van der Waals surface area (Å²) < 4.78 is 5.25. The van der Waals surface area contributed by atoms with E-state index in [2.05, 4.69) is 0 Å². The molecule has 4 nitrogen and oxygen atoms in total. The average molecular weight is 271 g/mol. The van der Waals surface area contributed by atoms with Gasteiger partial charge in [0.15, 0.2) is 0 Å². The van der Waals surface area contributed by atoms with Crippen LogP contribution in [0.3, 0.4) is 0 Å². The highest BCUT2D eigenvalue weighted by Crippen LogP contribution is 2.48. The second-order valence-electron chi connectivity index (χ2n) is 5.37. The normalized spacial score (nSPS) is 28.7. The van der Waals surface area contributed by atoms with Gasteiger partial charge in [-0.15, -0.1) is 0 Å². The Bertz CT molecular complexity index is 607. The Balaban J connectivity index is 2.18. The van der Waals surface area contributed by atoms with Gasteiger partial charge in [0.2, 0.25) is 11.8 Å². The summed E-state index contributed by atoms with van der Waals surface area (Å²) >= 11 is 0. The number of likely N-dealkylation sites (N-methyl/N-ethyl adjacent to an activating group) is 1. The van der Waals surface area contributed by atoms with Crippen LogP contribution < -0.4 is 4.74 Å². The fourth-order valence-electron chi connectivity index (χ4n) is 3.37. The zero-order valence-electron chi connectivity index (χ0n) is 11.6. The van der Waals surface area contributed by atoms with Crippen LogP contribution in [0.4, 0.5) is 0 Å². The number of benzene rings is 1. The molecule has 1 saturated heterocycles. The highest BCUT2D eigenvalue weighted by Gasteiger charge is 2.58. The lowest BCUT2D eigenvalue weighted by Crippen LogP contribution is -2.41. The van der Waals surface area contributed by atoms with E-state index in [1.54, 1.807) is 14.2 Å². The minimum absolute atomic E-state index is 0.0813. The van der Waals surface area contributed by atoms with Crippen LogP contribution in [0.1, 0.15) is 18.4 Å². The van der Waals surface area contributed by atoms with Gasteiger partial charge in [-0.05, 0) is 30.5 Å². The lowest BCUT2D eigenvalue weighted by Gasteiger charge is -2.33. The predicted octanol–water partition coefficient (Wildman–Crippen LogP) is 1.90. The maximum atomic E-state index is 12.7. The van der Waals surface area contributed by atoms with Crippen LogP contribution in [0.25, 0.3) is 0 Å². The SMILES string of the molecule is COc1cccc(C23CC=CCC2C(=O)N(C)C3=O)c1. The number of methoxy groups -OCH3 is 1. The lowest BCUT2D eigenvalue weighted by atomic mass is 9.66. The molecule has 2 amide bonds. The van der Waals surface area contributed by atoms with Crippen molar-refractivity contribution < 1.29 is 14.3 Å². The molecule has 2 aliphatic rings. The molecule has 0 bridgehead atoms. The number of rotatable bonds is 2. The summed E-state index contributed by atoms with van der Waals surface area (Å²) in [6, 6.07) is 7.50. The van der Waals surface area contributed by atoms with E-state index >= 15 is 0 Å². The number of hydrogen-bond acceptors (Lipinski definition) is 3. The van der Waals surface area contributed by atoms with Gasteiger partial charge in [-0.2, -0.15) is 0 Å². The molecule has 4 heteroatoms. The number of hydrogen-bond donors (Lipinski definition) is 0. The van der Waals surface area contributed by atoms with Crippen molar-refractivity contribution in [3.63, 3.8) is 0 Å². The molecule has 1 aromatic carbocycles. The summed E-state index contributed by atoms with van der Waals surface area (Å²) in [6.45, 7) is 0. The zero-order chi connectivity index (χ0) is 14.3. The number of ether oxygens (including phenoxy) is 1. The molecule has 104 valence electrons. The summed E-state index contributed by atoms with van der Waals surface area (Å²) in [5.74, 6) is 0.226. The van der Waals surface area contributed by atoms with Gasteiger partial charge in [-0.1, -0.05) is 24.3 Å². The summed E-state index contributed by atoms with van der Waals surface area (Å²) in [5, 5.41) is 0. The van der Waals surface area contributed by atoms with E-state index in [0.717, 1.165) is 5.56 Å². The number of carbonyl (C=O) groups excluding carboxylic acids is 2. The Morgan fingerprint density at radius 2 is 2.10 bits per heavy atom. The van der Waals surface area contributed by atoms with Crippen molar-refractivity contribution in [2.75, 3.05) is 14.2 Å². The standard InChI is InChI=1S/C16H17NO3/c1-17-14(18)13-8-3-4-9-16(13,15(17)19)11-6-5-7-12(10-11)20-2/h3-7,10,13H,8-9H2,1-2H3. The fourth-order valence-corrected chi connectivity index (χ4v) is 3.37. The molecule has 0 saturated carbocycles. The van der Waals surface area contributed by atoms with Crippen LogP contribution in [0.2, 0.25) is 0 Å². The third-order valence-electron chi connectivity index (χ3n) is 4.47. The second kappa shape index (κ2) is 4.47. The van der Waals surface area contributed by atoms with Gasteiger partial charge >= 0.3 is 0 Å². The first-order valence-corrected chi connectivity index (χ1v) is 6.73. The van der Waals surface area contributed by atoms with Crippen molar-refractivity contribution in [1.29, 1.82) is 0 Å². The van der Waals surface area contributed by atoms with E-state index in [0.29, 0.717) is 18.6 Å². The van der Waals surface area contributed by atoms with E-state index in [-0.39, 0.29) is 17.7 Å². The van der Waals surface area contributed by atoms with Crippen LogP contribution in [0, 0.1) is 5.92 Å². The molecule has 0 aromatic heterocycles. The van der Waals surface area contributed by atoms with Gasteiger partial charge in [0, 0.05) is 7.05 Å². The fraction of sp³-hybridized carbons (Fsp3) is 0.375. The first kappa shape index (κ1) is 12.9. The van der Waals surface area contributed by atoms with Crippen molar-refractivity contribution in [2.24, 2.45) is 5.92 Å². The Kier molecular flexibility index (Phi) is 2.89. The van der Waals surface area contributed by atoms with Gasteiger partial charge in [-0.25, -0.2) is 0 Å². The molecule has 1 aliphatic heterocycles. The van der Waals surface area contributed by atoms with E-state index in [1.807, 2.05) is 36.4 Å². The van der Waals surface area contributed by atoms with E-state index in [4.69, 9.17) is 4.74 Å². The van der Waals surface area contributed by atoms with E-state index < -0.39 is 5.41 Å². The average Bonchev–Trinajstić information content (AvgIpc) is 2.70. The van der Waals surface area contributed by atoms with Crippen LogP contribution in [-0.4, -0.2) is 30.9 Å². The number of nitrogens with zero attached hydrogens (tertiary/aromatic N) is 1. The summed E-state index contributed by atoms with van der Waals surface area (Å²) in [4.78, 5) is 26.3. The highest BCUT2D eigenvalue weighted by molar-refractivity contribution is 6.10. The lowest BCUT2D eigenvalue weighted by molar-refractivity contribution is -0.138. The van der Waals surface area contributed by atoms with Crippen molar-refractivity contribution in [3.8, 4) is 5.75 Å². The molecule has 0 spiro atoms. The zero-order valence-corrected chi connectivity index (χ0v) is 11.6. The van der Waals surface area contributed by atoms with Gasteiger partial charge in [0.05, 0.1) is 18.4 Å². The Hall–Kier alpha value is -2.10. The monoisotopic (exact) mass is 271 g/mol. The molecule has 1 heterocycles. The first-order chi connectivity index (χ1) is 9.61. The molecular formula is C16H17NO3. The third-order valence-corrected chi connectivity index (χ3v) is 4.47. The van der Waals surface area contributed by atoms with Crippen LogP contribution in [-0.2, 0) is 15.0 Å². The highest BCUT2D eigenvalue weighted by atomic mass is 16.5. The number of likely N-dealkylation sites (tertiary alicyclic amines) is 1. The van der Waals surface area contributed by atoms with Crippen LogP contribution in [0.15, 0.2) is 36.4 Å². The van der Waals surface area contributed by atoms with Crippen molar-refractivity contribution in [3.05, 3.63) is 42.0 Å². The molecule has 2 unspecified atom stereocenters. The third kappa shape index (κ3) is 1.54. The first-order valence-electron chi connectivity index (χ1n) is 6.73. The molecule has 0 radical (unpaired) electrons. The smallest absolute Gasteiger partial charge is 0.240 e. The van der Waals surface area contributed by atoms with Gasteiger partial charge in [0.25, 0.3) is 0 Å². The van der Waals surface area contributed by atoms with E-state index in [9.17, 15) is 9.59 Å². The Morgan fingerprint density at radius 3 is 2.85 bits per heavy atom. The van der Waals surface area contributed by atoms with Crippen molar-refractivity contribution >= 4 is 11.8 Å². The molecule has 0 N–H and O–H groups in total. The molecule has 1 fully saturated rings. The molecule has 20 heavy (non-hydrogen) atoms. The Morgan fingerprint density at radius 1 is 1.30 bits per heavy atom. The largest absolute Gasteiger partial charge is 0.497 e. The van der Waals surface area contributed by atoms with Gasteiger partial charge < -0.3 is 4.74 Å². The second-order valence-corrected chi connectivity index (χ2v) is 5.37. The van der Waals surface area contributed by atoms with Crippen LogP contribution >= 0.6 is 0 Å². The molecule has 1 aliphatic carbocycles. The number of carbonyl (C=O) groups is 2. The number of fused-ring (bicyclic) bond motifs is 1. The number of allylic oxidation sites excluding steroid dienone is 2. The minimum atomic E-state index is -0.755. The molecular weight excluding hydrogens is 254 g/mol. The summed E-state index contributed by atoms with van der Waals surface area (Å²) in [6.07, 6.45) is 5.18. The van der Waals surface area contributed by atoms with Gasteiger partial charge in [-0.3, -0.25) is 14.5 Å². The minimum Gasteiger partial charge on any atom is -0.497 e. The summed E-state index contributed by atoms with van der Waals surface area (Å²) in [5.41, 5.74) is 0.115. The molecule has 3 rings (SSSR count). The molecule has 1 aromatic rings. The van der Waals surface area contributed by atoms with Crippen molar-refractivity contribution in [1.82, 2.24) is 4.90 Å². The predicted molar refractivity (Wildman–Crippen MR) is 74.3 cm³/mol. The topological polar surface area (TPSA) is 46.6 Å². The quantitative estimate of drug-likeness (QED) is 0.609. The maximum absolute atomic E-state index is 12.7. The van der Waals surface area contributed by atoms with Crippen molar-refractivity contribution in [2.45, 2.75) is 18.3 Å². The van der Waals surface area contributed by atoms with Gasteiger partial charge in [0.1, 0.15) is 5.75 Å². The molecule has 2 atom stereocenters. The maximum Gasteiger partial charge on any atom is 0.240 e. The Labute approximate surface area is 118 Å². The summed E-state index contributed by atoms with van der Waals surface area (Å²) in [7, 11) is 3.17. The van der Waals surface area contributed by atoms with Crippen LogP contribution in [0.5, 0.6) is 5.75 Å². The number of imide groups is 1.